The molecule has 3 rings (SSSR count). The van der Waals surface area contributed by atoms with Crippen molar-refractivity contribution < 1.29 is 27.5 Å². The average molecular weight is 564 g/mol. The molecular weight excluding hydrogens is 537 g/mol. The van der Waals surface area contributed by atoms with E-state index in [-0.39, 0.29) is 47.9 Å². The molecule has 0 spiro atoms. The van der Waals surface area contributed by atoms with Crippen molar-refractivity contribution in [3.8, 4) is 11.5 Å². The zero-order valence-electron chi connectivity index (χ0n) is 17.9. The van der Waals surface area contributed by atoms with E-state index in [9.17, 15) is 13.6 Å². The minimum absolute atomic E-state index is 0. The molecule has 176 valence electrons. The van der Waals surface area contributed by atoms with Gasteiger partial charge in [0.25, 0.3) is 5.91 Å². The van der Waals surface area contributed by atoms with Crippen LogP contribution in [-0.4, -0.2) is 68.1 Å². The van der Waals surface area contributed by atoms with Crippen molar-refractivity contribution in [3.05, 3.63) is 47.9 Å². The molecule has 8 nitrogen and oxygen atoms in total. The summed E-state index contributed by atoms with van der Waals surface area (Å²) in [6.45, 7) is 2.28. The Kier molecular flexibility index (Phi) is 10.0. The molecule has 0 aliphatic carbocycles. The molecule has 2 aromatic rings. The van der Waals surface area contributed by atoms with Gasteiger partial charge in [-0.15, -0.1) is 24.0 Å². The van der Waals surface area contributed by atoms with Crippen LogP contribution in [0.5, 0.6) is 11.5 Å². The molecule has 0 unspecified atom stereocenters. The Bertz CT molecular complexity index is 888. The highest BCUT2D eigenvalue weighted by atomic mass is 127. The standard InChI is InChI=1S/C21H26F2N4O4.HI/c1-3-24-21(25-14-15-6-7-16(29-2)18(13-15)31-20(22)23)27-10-8-26(9-11-27)19(28)17-5-4-12-30-17;/h4-7,12-13,20H,3,8-11,14H2,1-2H3,(H,24,25);1H. The Balaban J connectivity index is 0.00000363. The quantitative estimate of drug-likeness (QED) is 0.316. The second-order valence-corrected chi connectivity index (χ2v) is 6.79. The lowest BCUT2D eigenvalue weighted by molar-refractivity contribution is -0.0512. The maximum atomic E-state index is 12.6. The van der Waals surface area contributed by atoms with Crippen LogP contribution >= 0.6 is 24.0 Å². The fourth-order valence-corrected chi connectivity index (χ4v) is 3.28. The Morgan fingerprint density at radius 3 is 2.50 bits per heavy atom. The van der Waals surface area contributed by atoms with Crippen LogP contribution in [0.4, 0.5) is 8.78 Å². The molecule has 1 N–H and O–H groups in total. The molecule has 1 aromatic heterocycles. The van der Waals surface area contributed by atoms with E-state index in [1.807, 2.05) is 6.92 Å². The minimum atomic E-state index is -2.94. The highest BCUT2D eigenvalue weighted by Crippen LogP contribution is 2.29. The number of alkyl halides is 2. The van der Waals surface area contributed by atoms with Crippen LogP contribution in [-0.2, 0) is 6.54 Å². The summed E-state index contributed by atoms with van der Waals surface area (Å²) < 4.78 is 40.1. The van der Waals surface area contributed by atoms with E-state index in [0.29, 0.717) is 50.0 Å². The molecule has 1 fully saturated rings. The molecule has 0 atom stereocenters. The number of hydrogen-bond acceptors (Lipinski definition) is 5. The van der Waals surface area contributed by atoms with Crippen molar-refractivity contribution >= 4 is 35.8 Å². The third-order valence-electron chi connectivity index (χ3n) is 4.79. The zero-order valence-corrected chi connectivity index (χ0v) is 20.3. The molecule has 0 bridgehead atoms. The average Bonchev–Trinajstić information content (AvgIpc) is 3.31. The van der Waals surface area contributed by atoms with Crippen molar-refractivity contribution in [3.63, 3.8) is 0 Å². The molecule has 32 heavy (non-hydrogen) atoms. The number of halogens is 3. The second kappa shape index (κ2) is 12.5. The summed E-state index contributed by atoms with van der Waals surface area (Å²) in [4.78, 5) is 20.9. The third-order valence-corrected chi connectivity index (χ3v) is 4.79. The molecule has 0 radical (unpaired) electrons. The van der Waals surface area contributed by atoms with E-state index in [1.54, 1.807) is 29.2 Å². The van der Waals surface area contributed by atoms with Gasteiger partial charge in [0.2, 0.25) is 0 Å². The van der Waals surface area contributed by atoms with Crippen LogP contribution in [0, 0.1) is 0 Å². The number of carbonyl (C=O) groups excluding carboxylic acids is 1. The lowest BCUT2D eigenvalue weighted by Crippen LogP contribution is -2.53. The van der Waals surface area contributed by atoms with Crippen LogP contribution in [0.1, 0.15) is 23.0 Å². The minimum Gasteiger partial charge on any atom is -0.493 e. The van der Waals surface area contributed by atoms with E-state index in [0.717, 1.165) is 0 Å². The lowest BCUT2D eigenvalue weighted by Gasteiger charge is -2.36. The van der Waals surface area contributed by atoms with Gasteiger partial charge in [-0.1, -0.05) is 6.07 Å². The fraction of sp³-hybridized carbons (Fsp3) is 0.429. The smallest absolute Gasteiger partial charge is 0.387 e. The predicted molar refractivity (Wildman–Crippen MR) is 126 cm³/mol. The number of piperazine rings is 1. The van der Waals surface area contributed by atoms with Gasteiger partial charge in [0.05, 0.1) is 19.9 Å². The van der Waals surface area contributed by atoms with Gasteiger partial charge in [0, 0.05) is 32.7 Å². The molecule has 1 saturated heterocycles. The number of furan rings is 1. The summed E-state index contributed by atoms with van der Waals surface area (Å²) in [6, 6.07) is 8.17. The van der Waals surface area contributed by atoms with Gasteiger partial charge >= 0.3 is 6.61 Å². The van der Waals surface area contributed by atoms with E-state index in [2.05, 4.69) is 19.9 Å². The largest absolute Gasteiger partial charge is 0.493 e. The van der Waals surface area contributed by atoms with Gasteiger partial charge in [0.1, 0.15) is 0 Å². The topological polar surface area (TPSA) is 79.5 Å². The highest BCUT2D eigenvalue weighted by molar-refractivity contribution is 14.0. The molecule has 1 aromatic carbocycles. The van der Waals surface area contributed by atoms with Gasteiger partial charge in [-0.25, -0.2) is 4.99 Å². The van der Waals surface area contributed by atoms with Crippen LogP contribution in [0.25, 0.3) is 0 Å². The van der Waals surface area contributed by atoms with Crippen molar-refractivity contribution in [2.24, 2.45) is 4.99 Å². The first kappa shape index (κ1) is 25.7. The summed E-state index contributed by atoms with van der Waals surface area (Å²) in [6.07, 6.45) is 1.48. The first-order chi connectivity index (χ1) is 15.0. The summed E-state index contributed by atoms with van der Waals surface area (Å²) >= 11 is 0. The number of methoxy groups -OCH3 is 1. The van der Waals surface area contributed by atoms with Crippen LogP contribution < -0.4 is 14.8 Å². The maximum absolute atomic E-state index is 12.6. The van der Waals surface area contributed by atoms with E-state index in [1.165, 1.54) is 19.4 Å². The van der Waals surface area contributed by atoms with Crippen molar-refractivity contribution in [1.82, 2.24) is 15.1 Å². The number of aliphatic imine (C=N–C) groups is 1. The Labute approximate surface area is 202 Å². The molecular formula is C21H27F2IN4O4. The molecule has 1 aliphatic heterocycles. The van der Waals surface area contributed by atoms with Crippen LogP contribution in [0.15, 0.2) is 46.0 Å². The van der Waals surface area contributed by atoms with Crippen LogP contribution in [0.3, 0.4) is 0 Å². The number of amides is 1. The third kappa shape index (κ3) is 6.71. The monoisotopic (exact) mass is 564 g/mol. The van der Waals surface area contributed by atoms with Gasteiger partial charge in [0.15, 0.2) is 23.2 Å². The Morgan fingerprint density at radius 1 is 1.19 bits per heavy atom. The SMILES string of the molecule is CCNC(=NCc1ccc(OC)c(OC(F)F)c1)N1CCN(C(=O)c2ccco2)CC1.I. The number of benzene rings is 1. The number of nitrogens with one attached hydrogen (secondary N) is 1. The fourth-order valence-electron chi connectivity index (χ4n) is 3.28. The van der Waals surface area contributed by atoms with E-state index < -0.39 is 6.61 Å². The summed E-state index contributed by atoms with van der Waals surface area (Å²) in [7, 11) is 1.39. The Morgan fingerprint density at radius 2 is 1.91 bits per heavy atom. The second-order valence-electron chi connectivity index (χ2n) is 6.79. The number of nitrogens with zero attached hydrogens (tertiary/aromatic N) is 3. The Hall–Kier alpha value is -2.57. The molecule has 1 aliphatic rings. The summed E-state index contributed by atoms with van der Waals surface area (Å²) in [5, 5.41) is 3.24. The van der Waals surface area contributed by atoms with Crippen molar-refractivity contribution in [1.29, 1.82) is 0 Å². The van der Waals surface area contributed by atoms with Crippen molar-refractivity contribution in [2.75, 3.05) is 39.8 Å². The van der Waals surface area contributed by atoms with Gasteiger partial charge < -0.3 is 29.0 Å². The predicted octanol–water partition coefficient (Wildman–Crippen LogP) is 3.43. The molecule has 11 heteroatoms. The summed E-state index contributed by atoms with van der Waals surface area (Å²) in [5.41, 5.74) is 0.707. The molecule has 2 heterocycles. The van der Waals surface area contributed by atoms with E-state index >= 15 is 0 Å². The normalized spacial score (nSPS) is 14.2. The highest BCUT2D eigenvalue weighted by Gasteiger charge is 2.25. The zero-order chi connectivity index (χ0) is 22.2. The van der Waals surface area contributed by atoms with Gasteiger partial charge in [-0.3, -0.25) is 4.79 Å². The first-order valence-corrected chi connectivity index (χ1v) is 9.99. The maximum Gasteiger partial charge on any atom is 0.387 e. The first-order valence-electron chi connectivity index (χ1n) is 9.99. The van der Waals surface area contributed by atoms with Crippen molar-refractivity contribution in [2.45, 2.75) is 20.1 Å². The van der Waals surface area contributed by atoms with Gasteiger partial charge in [-0.05, 0) is 36.8 Å². The number of ether oxygens (including phenoxy) is 2. The lowest BCUT2D eigenvalue weighted by atomic mass is 10.2. The molecule has 0 saturated carbocycles. The number of rotatable bonds is 7. The summed E-state index contributed by atoms with van der Waals surface area (Å²) in [5.74, 6) is 1.10. The molecule has 1 amide bonds. The number of hydrogen-bond donors (Lipinski definition) is 1. The number of carbonyl (C=O) groups is 1. The van der Waals surface area contributed by atoms with Gasteiger partial charge in [-0.2, -0.15) is 8.78 Å². The van der Waals surface area contributed by atoms with Crippen LogP contribution in [0.2, 0.25) is 0 Å². The van der Waals surface area contributed by atoms with E-state index in [4.69, 9.17) is 9.15 Å². The number of guanidine groups is 1.